The maximum atomic E-state index is 12.4. The van der Waals surface area contributed by atoms with Gasteiger partial charge in [0.25, 0.3) is 0 Å². The second-order valence-electron chi connectivity index (χ2n) is 5.15. The van der Waals surface area contributed by atoms with Crippen LogP contribution >= 0.6 is 11.6 Å². The third-order valence-corrected chi connectivity index (χ3v) is 5.37. The molecule has 1 unspecified atom stereocenters. The lowest BCUT2D eigenvalue weighted by Gasteiger charge is -2.14. The fraction of sp³-hybridized carbons (Fsp3) is 0.250. The molecule has 0 radical (unpaired) electrons. The fourth-order valence-electron chi connectivity index (χ4n) is 2.10. The van der Waals surface area contributed by atoms with Gasteiger partial charge in [0.1, 0.15) is 0 Å². The summed E-state index contributed by atoms with van der Waals surface area (Å²) in [6.45, 7) is 3.35. The minimum atomic E-state index is -3.70. The highest BCUT2D eigenvalue weighted by molar-refractivity contribution is 7.89. The Bertz CT molecular complexity index is 760. The summed E-state index contributed by atoms with van der Waals surface area (Å²) in [4.78, 5) is 0.176. The Hall–Kier alpha value is -1.40. The van der Waals surface area contributed by atoms with E-state index in [9.17, 15) is 13.5 Å². The van der Waals surface area contributed by atoms with Gasteiger partial charge in [-0.05, 0) is 42.7 Å². The summed E-state index contributed by atoms with van der Waals surface area (Å²) in [5, 5.41) is 10.6. The number of aryl methyl sites for hydroxylation is 2. The second kappa shape index (κ2) is 6.79. The molecule has 6 heteroatoms. The highest BCUT2D eigenvalue weighted by atomic mass is 35.5. The molecule has 0 aromatic heterocycles. The molecule has 2 rings (SSSR count). The summed E-state index contributed by atoms with van der Waals surface area (Å²) in [6.07, 6.45) is -0.898. The van der Waals surface area contributed by atoms with E-state index in [4.69, 9.17) is 11.6 Å². The molecule has 0 heterocycles. The van der Waals surface area contributed by atoms with Gasteiger partial charge in [-0.15, -0.1) is 0 Å². The Morgan fingerprint density at radius 1 is 1.14 bits per heavy atom. The normalized spacial score (nSPS) is 13.1. The van der Waals surface area contributed by atoms with Crippen LogP contribution in [0.5, 0.6) is 0 Å². The largest absolute Gasteiger partial charge is 0.387 e. The zero-order valence-electron chi connectivity index (χ0n) is 12.4. The van der Waals surface area contributed by atoms with Gasteiger partial charge < -0.3 is 5.11 Å². The highest BCUT2D eigenvalue weighted by Crippen LogP contribution is 2.24. The van der Waals surface area contributed by atoms with Gasteiger partial charge >= 0.3 is 0 Å². The molecule has 2 aromatic carbocycles. The first-order chi connectivity index (χ1) is 10.3. The van der Waals surface area contributed by atoms with Crippen molar-refractivity contribution in [3.63, 3.8) is 0 Å². The SMILES string of the molecule is Cc1cc(S(=O)(=O)NCC(O)c2ccccc2)c(C)cc1Cl. The van der Waals surface area contributed by atoms with E-state index in [1.165, 1.54) is 6.07 Å². The molecule has 0 saturated heterocycles. The molecule has 0 bridgehead atoms. The summed E-state index contributed by atoms with van der Waals surface area (Å²) in [5.41, 5.74) is 1.92. The van der Waals surface area contributed by atoms with Crippen LogP contribution in [0.1, 0.15) is 22.8 Å². The van der Waals surface area contributed by atoms with Crippen molar-refractivity contribution >= 4 is 21.6 Å². The monoisotopic (exact) mass is 339 g/mol. The second-order valence-corrected chi connectivity index (χ2v) is 7.29. The fourth-order valence-corrected chi connectivity index (χ4v) is 3.67. The van der Waals surface area contributed by atoms with Crippen LogP contribution in [0.2, 0.25) is 5.02 Å². The standard InChI is InChI=1S/C16H18ClNO3S/c1-11-9-16(12(2)8-14(11)17)22(20,21)18-10-15(19)13-6-4-3-5-7-13/h3-9,15,18-19H,10H2,1-2H3. The molecule has 118 valence electrons. The van der Waals surface area contributed by atoms with Crippen LogP contribution in [0.3, 0.4) is 0 Å². The lowest BCUT2D eigenvalue weighted by atomic mass is 10.1. The molecule has 4 nitrogen and oxygen atoms in total. The maximum Gasteiger partial charge on any atom is 0.240 e. The van der Waals surface area contributed by atoms with E-state index in [1.54, 1.807) is 44.2 Å². The van der Waals surface area contributed by atoms with Crippen molar-refractivity contribution in [2.45, 2.75) is 24.8 Å². The van der Waals surface area contributed by atoms with Crippen molar-refractivity contribution in [2.24, 2.45) is 0 Å². The summed E-state index contributed by atoms with van der Waals surface area (Å²) in [5.74, 6) is 0. The first-order valence-electron chi connectivity index (χ1n) is 6.80. The number of aliphatic hydroxyl groups excluding tert-OH is 1. The van der Waals surface area contributed by atoms with Crippen molar-refractivity contribution in [1.29, 1.82) is 0 Å². The number of nitrogens with one attached hydrogen (secondary N) is 1. The number of benzene rings is 2. The first kappa shape index (κ1) is 17.0. The predicted molar refractivity (Wildman–Crippen MR) is 87.5 cm³/mol. The molecule has 0 amide bonds. The molecular weight excluding hydrogens is 322 g/mol. The third-order valence-electron chi connectivity index (χ3n) is 3.40. The molecule has 0 saturated carbocycles. The molecule has 0 spiro atoms. The molecule has 0 fully saturated rings. The van der Waals surface area contributed by atoms with Crippen molar-refractivity contribution in [3.8, 4) is 0 Å². The van der Waals surface area contributed by atoms with Crippen molar-refractivity contribution in [1.82, 2.24) is 4.72 Å². The van der Waals surface area contributed by atoms with Crippen LogP contribution in [-0.4, -0.2) is 20.1 Å². The van der Waals surface area contributed by atoms with Crippen LogP contribution in [0.15, 0.2) is 47.4 Å². The number of halogens is 1. The zero-order valence-corrected chi connectivity index (χ0v) is 13.9. The number of rotatable bonds is 5. The van der Waals surface area contributed by atoms with E-state index in [2.05, 4.69) is 4.72 Å². The van der Waals surface area contributed by atoms with Crippen LogP contribution < -0.4 is 4.72 Å². The van der Waals surface area contributed by atoms with Crippen LogP contribution in [0.4, 0.5) is 0 Å². The molecule has 0 aliphatic heterocycles. The average molecular weight is 340 g/mol. The molecule has 0 aliphatic carbocycles. The molecular formula is C16H18ClNO3S. The number of aliphatic hydroxyl groups is 1. The van der Waals surface area contributed by atoms with E-state index in [0.717, 1.165) is 0 Å². The minimum Gasteiger partial charge on any atom is -0.387 e. The van der Waals surface area contributed by atoms with Gasteiger partial charge in [-0.3, -0.25) is 0 Å². The predicted octanol–water partition coefficient (Wildman–Crippen LogP) is 2.97. The Morgan fingerprint density at radius 3 is 2.41 bits per heavy atom. The lowest BCUT2D eigenvalue weighted by molar-refractivity contribution is 0.182. The Balaban J connectivity index is 2.17. The number of sulfonamides is 1. The van der Waals surface area contributed by atoms with E-state index < -0.39 is 16.1 Å². The lowest BCUT2D eigenvalue weighted by Crippen LogP contribution is -2.29. The smallest absolute Gasteiger partial charge is 0.240 e. The van der Waals surface area contributed by atoms with Crippen LogP contribution in [-0.2, 0) is 10.0 Å². The Labute approximate surface area is 135 Å². The van der Waals surface area contributed by atoms with Gasteiger partial charge in [0.05, 0.1) is 11.0 Å². The molecule has 0 aliphatic rings. The Morgan fingerprint density at radius 2 is 1.77 bits per heavy atom. The zero-order chi connectivity index (χ0) is 16.3. The van der Waals surface area contributed by atoms with Gasteiger partial charge in [0.15, 0.2) is 0 Å². The molecule has 22 heavy (non-hydrogen) atoms. The number of hydrogen-bond donors (Lipinski definition) is 2. The molecule has 2 aromatic rings. The van der Waals surface area contributed by atoms with Crippen LogP contribution in [0.25, 0.3) is 0 Å². The first-order valence-corrected chi connectivity index (χ1v) is 8.67. The molecule has 1 atom stereocenters. The minimum absolute atomic E-state index is 0.0898. The average Bonchev–Trinajstić information content (AvgIpc) is 2.49. The third kappa shape index (κ3) is 3.87. The topological polar surface area (TPSA) is 66.4 Å². The van der Waals surface area contributed by atoms with Crippen molar-refractivity contribution < 1.29 is 13.5 Å². The van der Waals surface area contributed by atoms with Crippen LogP contribution in [0, 0.1) is 13.8 Å². The summed E-state index contributed by atoms with van der Waals surface area (Å²) < 4.78 is 27.2. The van der Waals surface area contributed by atoms with Gasteiger partial charge in [0, 0.05) is 11.6 Å². The summed E-state index contributed by atoms with van der Waals surface area (Å²) in [7, 11) is -3.70. The summed E-state index contributed by atoms with van der Waals surface area (Å²) >= 11 is 5.99. The quantitative estimate of drug-likeness (QED) is 0.880. The van der Waals surface area contributed by atoms with Gasteiger partial charge in [-0.25, -0.2) is 13.1 Å². The van der Waals surface area contributed by atoms with Gasteiger partial charge in [0.2, 0.25) is 10.0 Å². The maximum absolute atomic E-state index is 12.4. The highest BCUT2D eigenvalue weighted by Gasteiger charge is 2.19. The van der Waals surface area contributed by atoms with E-state index in [-0.39, 0.29) is 11.4 Å². The van der Waals surface area contributed by atoms with Crippen molar-refractivity contribution in [3.05, 3.63) is 64.2 Å². The van der Waals surface area contributed by atoms with E-state index in [1.807, 2.05) is 6.07 Å². The van der Waals surface area contributed by atoms with E-state index >= 15 is 0 Å². The van der Waals surface area contributed by atoms with Crippen molar-refractivity contribution in [2.75, 3.05) is 6.54 Å². The summed E-state index contributed by atoms with van der Waals surface area (Å²) in [6, 6.07) is 12.1. The molecule has 2 N–H and O–H groups in total. The van der Waals surface area contributed by atoms with Gasteiger partial charge in [-0.1, -0.05) is 41.9 Å². The number of hydrogen-bond acceptors (Lipinski definition) is 3. The Kier molecular flexibility index (Phi) is 5.24. The van der Waals surface area contributed by atoms with Gasteiger partial charge in [-0.2, -0.15) is 0 Å². The van der Waals surface area contributed by atoms with E-state index in [0.29, 0.717) is 21.7 Å².